The first-order chi connectivity index (χ1) is 16.5. The van der Waals surface area contributed by atoms with Gasteiger partial charge in [-0.3, -0.25) is 4.90 Å². The second-order valence-electron chi connectivity index (χ2n) is 8.16. The average molecular weight is 485 g/mol. The summed E-state index contributed by atoms with van der Waals surface area (Å²) in [5.74, 6) is 0.259. The molecule has 0 unspecified atom stereocenters. The molecule has 0 saturated carbocycles. The van der Waals surface area contributed by atoms with E-state index in [1.54, 1.807) is 14.0 Å². The van der Waals surface area contributed by atoms with Gasteiger partial charge in [0.05, 0.1) is 25.3 Å². The fourth-order valence-electron chi connectivity index (χ4n) is 4.28. The van der Waals surface area contributed by atoms with Gasteiger partial charge in [0.25, 0.3) is 0 Å². The van der Waals surface area contributed by atoms with E-state index in [9.17, 15) is 9.59 Å². The zero-order valence-corrected chi connectivity index (χ0v) is 20.1. The molecule has 2 aliphatic rings. The van der Waals surface area contributed by atoms with Gasteiger partial charge in [0.15, 0.2) is 0 Å². The lowest BCUT2D eigenvalue weighted by Crippen LogP contribution is -2.51. The van der Waals surface area contributed by atoms with Crippen molar-refractivity contribution in [1.82, 2.24) is 15.5 Å². The number of urea groups is 1. The van der Waals surface area contributed by atoms with Gasteiger partial charge in [0.1, 0.15) is 5.75 Å². The molecular formula is C25H29ClN4O4. The predicted molar refractivity (Wildman–Crippen MR) is 131 cm³/mol. The molecule has 0 bridgehead atoms. The molecule has 0 aromatic heterocycles. The molecular weight excluding hydrogens is 456 g/mol. The van der Waals surface area contributed by atoms with Gasteiger partial charge >= 0.3 is 12.0 Å². The number of anilines is 1. The van der Waals surface area contributed by atoms with Crippen molar-refractivity contribution in [3.8, 4) is 5.75 Å². The van der Waals surface area contributed by atoms with E-state index in [1.807, 2.05) is 48.5 Å². The molecule has 8 nitrogen and oxygen atoms in total. The van der Waals surface area contributed by atoms with Crippen LogP contribution in [0.5, 0.6) is 5.75 Å². The average Bonchev–Trinajstić information content (AvgIpc) is 2.85. The minimum Gasteiger partial charge on any atom is -0.497 e. The van der Waals surface area contributed by atoms with Crippen molar-refractivity contribution >= 4 is 29.3 Å². The molecule has 9 heteroatoms. The number of benzene rings is 2. The first kappa shape index (κ1) is 23.9. The van der Waals surface area contributed by atoms with Crippen LogP contribution in [0.15, 0.2) is 59.8 Å². The minimum absolute atomic E-state index is 0.249. The molecule has 2 heterocycles. The summed E-state index contributed by atoms with van der Waals surface area (Å²) in [6, 6.07) is 14.2. The number of halogens is 1. The van der Waals surface area contributed by atoms with E-state index in [4.69, 9.17) is 21.1 Å². The number of piperazine rings is 1. The highest BCUT2D eigenvalue weighted by molar-refractivity contribution is 6.30. The highest BCUT2D eigenvalue weighted by Gasteiger charge is 2.34. The Hall–Kier alpha value is -3.23. The number of rotatable bonds is 7. The molecule has 4 rings (SSSR count). The van der Waals surface area contributed by atoms with Crippen molar-refractivity contribution in [1.29, 1.82) is 0 Å². The third-order valence-corrected chi connectivity index (χ3v) is 6.30. The number of hydrogen-bond acceptors (Lipinski definition) is 6. The summed E-state index contributed by atoms with van der Waals surface area (Å²) in [6.07, 6.45) is 0. The summed E-state index contributed by atoms with van der Waals surface area (Å²) in [6.45, 7) is 5.71. The van der Waals surface area contributed by atoms with Gasteiger partial charge < -0.3 is 25.0 Å². The van der Waals surface area contributed by atoms with Crippen LogP contribution >= 0.6 is 11.6 Å². The van der Waals surface area contributed by atoms with Gasteiger partial charge in [-0.05, 0) is 48.9 Å². The monoisotopic (exact) mass is 484 g/mol. The second-order valence-corrected chi connectivity index (χ2v) is 8.59. The number of amides is 2. The van der Waals surface area contributed by atoms with Gasteiger partial charge in [-0.25, -0.2) is 9.59 Å². The molecule has 1 saturated heterocycles. The standard InChI is InChI=1S/C25H29ClN4O4/c1-3-34-24(31)22-21(27-25(32)28-23(22)17-4-10-20(33-2)11-5-17)16-29-12-14-30(15-13-29)19-8-6-18(26)7-9-19/h4-11,23H,3,12-16H2,1-2H3,(H2,27,28,32)/t23-/m0/s1. The molecule has 2 N–H and O–H groups in total. The Bertz CT molecular complexity index is 1050. The van der Waals surface area contributed by atoms with E-state index >= 15 is 0 Å². The minimum atomic E-state index is -0.607. The maximum Gasteiger partial charge on any atom is 0.338 e. The Balaban J connectivity index is 1.54. The summed E-state index contributed by atoms with van der Waals surface area (Å²) < 4.78 is 10.6. The lowest BCUT2D eigenvalue weighted by molar-refractivity contribution is -0.139. The van der Waals surface area contributed by atoms with Crippen LogP contribution in [-0.4, -0.2) is 63.3 Å². The molecule has 2 aliphatic heterocycles. The Morgan fingerprint density at radius 1 is 1.06 bits per heavy atom. The zero-order valence-electron chi connectivity index (χ0n) is 19.3. The molecule has 0 aliphatic carbocycles. The van der Waals surface area contributed by atoms with Gasteiger partial charge in [0.2, 0.25) is 0 Å². The third kappa shape index (κ3) is 5.46. The molecule has 2 aromatic rings. The molecule has 180 valence electrons. The van der Waals surface area contributed by atoms with E-state index in [1.165, 1.54) is 0 Å². The molecule has 1 atom stereocenters. The summed E-state index contributed by atoms with van der Waals surface area (Å²) in [5, 5.41) is 6.45. The largest absolute Gasteiger partial charge is 0.497 e. The predicted octanol–water partition coefficient (Wildman–Crippen LogP) is 3.34. The van der Waals surface area contributed by atoms with Crippen LogP contribution in [0, 0.1) is 0 Å². The SMILES string of the molecule is CCOC(=O)C1=C(CN2CCN(c3ccc(Cl)cc3)CC2)NC(=O)N[C@H]1c1ccc(OC)cc1. The van der Waals surface area contributed by atoms with Gasteiger partial charge in [-0.2, -0.15) is 0 Å². The van der Waals surface area contributed by atoms with Crippen LogP contribution in [0.25, 0.3) is 0 Å². The number of carbonyl (C=O) groups is 2. The molecule has 0 spiro atoms. The third-order valence-electron chi connectivity index (χ3n) is 6.04. The van der Waals surface area contributed by atoms with Crippen molar-refractivity contribution in [3.63, 3.8) is 0 Å². The zero-order chi connectivity index (χ0) is 24.1. The van der Waals surface area contributed by atoms with Gasteiger partial charge in [0, 0.05) is 49.1 Å². The summed E-state index contributed by atoms with van der Waals surface area (Å²) in [5.41, 5.74) is 2.91. The number of esters is 1. The Labute approximate surface area is 204 Å². The Kier molecular flexibility index (Phi) is 7.59. The van der Waals surface area contributed by atoms with Crippen molar-refractivity contribution in [2.45, 2.75) is 13.0 Å². The van der Waals surface area contributed by atoms with E-state index in [0.29, 0.717) is 28.6 Å². The smallest absolute Gasteiger partial charge is 0.338 e. The molecule has 34 heavy (non-hydrogen) atoms. The summed E-state index contributed by atoms with van der Waals surface area (Å²) >= 11 is 6.01. The van der Waals surface area contributed by atoms with Gasteiger partial charge in [-0.15, -0.1) is 0 Å². The molecule has 1 fully saturated rings. The van der Waals surface area contributed by atoms with Gasteiger partial charge in [-0.1, -0.05) is 23.7 Å². The summed E-state index contributed by atoms with van der Waals surface area (Å²) in [4.78, 5) is 30.1. The molecule has 0 radical (unpaired) electrons. The topological polar surface area (TPSA) is 83.1 Å². The number of hydrogen-bond donors (Lipinski definition) is 2. The fraction of sp³-hybridized carbons (Fsp3) is 0.360. The molecule has 2 aromatic carbocycles. The highest BCUT2D eigenvalue weighted by Crippen LogP contribution is 2.30. The quantitative estimate of drug-likeness (QED) is 0.586. The van der Waals surface area contributed by atoms with E-state index in [2.05, 4.69) is 20.4 Å². The van der Waals surface area contributed by atoms with Crippen LogP contribution in [0.2, 0.25) is 5.02 Å². The lowest BCUT2D eigenvalue weighted by Gasteiger charge is -2.38. The van der Waals surface area contributed by atoms with Crippen molar-refractivity contribution in [2.75, 3.05) is 51.3 Å². The van der Waals surface area contributed by atoms with E-state index in [0.717, 1.165) is 37.4 Å². The van der Waals surface area contributed by atoms with Crippen molar-refractivity contribution < 1.29 is 19.1 Å². The fourth-order valence-corrected chi connectivity index (χ4v) is 4.40. The number of nitrogens with one attached hydrogen (secondary N) is 2. The Morgan fingerprint density at radius 2 is 1.74 bits per heavy atom. The Morgan fingerprint density at radius 3 is 2.35 bits per heavy atom. The maximum atomic E-state index is 13.0. The van der Waals surface area contributed by atoms with E-state index in [-0.39, 0.29) is 12.6 Å². The van der Waals surface area contributed by atoms with E-state index < -0.39 is 12.0 Å². The maximum absolute atomic E-state index is 13.0. The highest BCUT2D eigenvalue weighted by atomic mass is 35.5. The number of nitrogens with zero attached hydrogens (tertiary/aromatic N) is 2. The van der Waals surface area contributed by atoms with Crippen LogP contribution in [0.1, 0.15) is 18.5 Å². The van der Waals surface area contributed by atoms with Crippen LogP contribution in [0.3, 0.4) is 0 Å². The number of methoxy groups -OCH3 is 1. The number of ether oxygens (including phenoxy) is 2. The van der Waals surface area contributed by atoms with Crippen molar-refractivity contribution in [2.24, 2.45) is 0 Å². The van der Waals surface area contributed by atoms with Crippen LogP contribution in [0.4, 0.5) is 10.5 Å². The first-order valence-electron chi connectivity index (χ1n) is 11.3. The number of carbonyl (C=O) groups excluding carboxylic acids is 2. The first-order valence-corrected chi connectivity index (χ1v) is 11.7. The van der Waals surface area contributed by atoms with Crippen LogP contribution < -0.4 is 20.3 Å². The normalized spacial score (nSPS) is 18.9. The summed E-state index contributed by atoms with van der Waals surface area (Å²) in [7, 11) is 1.59. The van der Waals surface area contributed by atoms with Crippen LogP contribution in [-0.2, 0) is 9.53 Å². The molecule has 2 amide bonds. The lowest BCUT2D eigenvalue weighted by atomic mass is 9.94. The van der Waals surface area contributed by atoms with Crippen molar-refractivity contribution in [3.05, 3.63) is 70.4 Å². The second kappa shape index (κ2) is 10.8.